The average molecular weight is 253 g/mol. The highest BCUT2D eigenvalue weighted by Crippen LogP contribution is 2.03. The van der Waals surface area contributed by atoms with E-state index in [2.05, 4.69) is 17.2 Å². The van der Waals surface area contributed by atoms with Crippen LogP contribution in [0.25, 0.3) is 0 Å². The number of unbranched alkanes of at least 4 members (excludes halogenated alkanes) is 4. The Balaban J connectivity index is 2.19. The molecule has 0 atom stereocenters. The minimum absolute atomic E-state index is 0.169. The van der Waals surface area contributed by atoms with E-state index in [0.717, 1.165) is 12.8 Å². The number of oxazole rings is 1. The van der Waals surface area contributed by atoms with Crippen molar-refractivity contribution >= 4 is 5.91 Å². The summed E-state index contributed by atoms with van der Waals surface area (Å²) >= 11 is 0. The maximum Gasteiger partial charge on any atom is 0.273 e. The van der Waals surface area contributed by atoms with E-state index in [4.69, 9.17) is 10.2 Å². The smallest absolute Gasteiger partial charge is 0.273 e. The standard InChI is InChI=1S/C13H23N3O2/c1-2-3-4-5-6-9-15-13(17)11-10-18-12(16-11)7-8-14/h10H,2-9,14H2,1H3,(H,15,17). The van der Waals surface area contributed by atoms with Crippen LogP contribution in [0.4, 0.5) is 0 Å². The van der Waals surface area contributed by atoms with Gasteiger partial charge in [0.25, 0.3) is 5.91 Å². The van der Waals surface area contributed by atoms with Crippen LogP contribution in [0.1, 0.15) is 55.4 Å². The average Bonchev–Trinajstić information content (AvgIpc) is 2.82. The molecule has 0 radical (unpaired) electrons. The molecule has 1 heterocycles. The number of hydrogen-bond acceptors (Lipinski definition) is 4. The summed E-state index contributed by atoms with van der Waals surface area (Å²) in [6, 6.07) is 0. The Morgan fingerprint density at radius 2 is 2.17 bits per heavy atom. The Labute approximate surface area is 108 Å². The van der Waals surface area contributed by atoms with Crippen LogP contribution in [0.2, 0.25) is 0 Å². The maximum atomic E-state index is 11.7. The molecule has 18 heavy (non-hydrogen) atoms. The SMILES string of the molecule is CCCCCCCNC(=O)c1coc(CCN)n1. The molecule has 0 aliphatic carbocycles. The number of nitrogens with two attached hydrogens (primary N) is 1. The lowest BCUT2D eigenvalue weighted by molar-refractivity contribution is 0.0948. The zero-order valence-corrected chi connectivity index (χ0v) is 11.1. The van der Waals surface area contributed by atoms with Crippen molar-refractivity contribution in [2.75, 3.05) is 13.1 Å². The molecule has 0 aromatic carbocycles. The summed E-state index contributed by atoms with van der Waals surface area (Å²) < 4.78 is 5.13. The molecule has 0 saturated carbocycles. The van der Waals surface area contributed by atoms with E-state index in [1.807, 2.05) is 0 Å². The fourth-order valence-electron chi connectivity index (χ4n) is 1.67. The van der Waals surface area contributed by atoms with E-state index in [0.29, 0.717) is 31.1 Å². The highest BCUT2D eigenvalue weighted by atomic mass is 16.3. The lowest BCUT2D eigenvalue weighted by atomic mass is 10.1. The fraction of sp³-hybridized carbons (Fsp3) is 0.692. The van der Waals surface area contributed by atoms with Gasteiger partial charge in [-0.2, -0.15) is 0 Å². The number of aromatic nitrogens is 1. The van der Waals surface area contributed by atoms with E-state index in [1.54, 1.807) is 0 Å². The minimum atomic E-state index is -0.169. The maximum absolute atomic E-state index is 11.7. The fourth-order valence-corrected chi connectivity index (χ4v) is 1.67. The first-order chi connectivity index (χ1) is 8.77. The molecule has 5 heteroatoms. The summed E-state index contributed by atoms with van der Waals surface area (Å²) in [4.78, 5) is 15.8. The van der Waals surface area contributed by atoms with Gasteiger partial charge in [-0.05, 0) is 6.42 Å². The molecule has 5 nitrogen and oxygen atoms in total. The largest absolute Gasteiger partial charge is 0.448 e. The summed E-state index contributed by atoms with van der Waals surface area (Å²) in [6.45, 7) is 3.35. The van der Waals surface area contributed by atoms with Gasteiger partial charge in [-0.15, -0.1) is 0 Å². The molecular formula is C13H23N3O2. The van der Waals surface area contributed by atoms with Gasteiger partial charge in [0.1, 0.15) is 6.26 Å². The number of rotatable bonds is 9. The van der Waals surface area contributed by atoms with Crippen molar-refractivity contribution in [2.24, 2.45) is 5.73 Å². The van der Waals surface area contributed by atoms with Gasteiger partial charge in [-0.25, -0.2) is 4.98 Å². The Hall–Kier alpha value is -1.36. The highest BCUT2D eigenvalue weighted by molar-refractivity contribution is 5.91. The molecule has 1 amide bonds. The molecule has 1 rings (SSSR count). The van der Waals surface area contributed by atoms with E-state index >= 15 is 0 Å². The third-order valence-corrected chi connectivity index (χ3v) is 2.71. The highest BCUT2D eigenvalue weighted by Gasteiger charge is 2.10. The molecule has 0 aliphatic heterocycles. The molecule has 0 saturated heterocycles. The number of amides is 1. The molecule has 0 fully saturated rings. The van der Waals surface area contributed by atoms with Gasteiger partial charge in [0.2, 0.25) is 0 Å². The number of hydrogen-bond donors (Lipinski definition) is 2. The second-order valence-electron chi connectivity index (χ2n) is 4.34. The second kappa shape index (κ2) is 8.69. The molecule has 0 spiro atoms. The van der Waals surface area contributed by atoms with Crippen LogP contribution in [0.3, 0.4) is 0 Å². The van der Waals surface area contributed by atoms with Crippen LogP contribution >= 0.6 is 0 Å². The predicted molar refractivity (Wildman–Crippen MR) is 70.4 cm³/mol. The van der Waals surface area contributed by atoms with Gasteiger partial charge in [0.15, 0.2) is 11.6 Å². The zero-order valence-electron chi connectivity index (χ0n) is 11.1. The van der Waals surface area contributed by atoms with Crippen molar-refractivity contribution in [3.8, 4) is 0 Å². The summed E-state index contributed by atoms with van der Waals surface area (Å²) in [5.41, 5.74) is 5.72. The number of nitrogens with zero attached hydrogens (tertiary/aromatic N) is 1. The van der Waals surface area contributed by atoms with Crippen molar-refractivity contribution in [1.29, 1.82) is 0 Å². The molecule has 102 valence electrons. The quantitative estimate of drug-likeness (QED) is 0.658. The Morgan fingerprint density at radius 3 is 2.89 bits per heavy atom. The van der Waals surface area contributed by atoms with Crippen molar-refractivity contribution in [3.05, 3.63) is 17.8 Å². The van der Waals surface area contributed by atoms with Crippen LogP contribution in [-0.4, -0.2) is 24.0 Å². The predicted octanol–water partition coefficient (Wildman–Crippen LogP) is 1.88. The summed E-state index contributed by atoms with van der Waals surface area (Å²) in [5.74, 6) is 0.350. The van der Waals surface area contributed by atoms with Crippen LogP contribution in [-0.2, 0) is 6.42 Å². The first kappa shape index (κ1) is 14.7. The van der Waals surface area contributed by atoms with E-state index < -0.39 is 0 Å². The van der Waals surface area contributed by atoms with E-state index in [-0.39, 0.29) is 5.91 Å². The first-order valence-electron chi connectivity index (χ1n) is 6.70. The molecule has 1 aromatic rings. The normalized spacial score (nSPS) is 10.6. The molecule has 1 aromatic heterocycles. The summed E-state index contributed by atoms with van der Waals surface area (Å²) in [6.07, 6.45) is 7.85. The first-order valence-corrected chi connectivity index (χ1v) is 6.70. The molecule has 0 bridgehead atoms. The van der Waals surface area contributed by atoms with Gasteiger partial charge >= 0.3 is 0 Å². The molecular weight excluding hydrogens is 230 g/mol. The van der Waals surface area contributed by atoms with Crippen LogP contribution in [0, 0.1) is 0 Å². The zero-order chi connectivity index (χ0) is 13.2. The lowest BCUT2D eigenvalue weighted by Crippen LogP contribution is -2.24. The van der Waals surface area contributed by atoms with Gasteiger partial charge in [-0.1, -0.05) is 32.6 Å². The number of carbonyl (C=O) groups excluding carboxylic acids is 1. The van der Waals surface area contributed by atoms with Crippen LogP contribution < -0.4 is 11.1 Å². The van der Waals surface area contributed by atoms with Crippen LogP contribution in [0.5, 0.6) is 0 Å². The van der Waals surface area contributed by atoms with Gasteiger partial charge in [0, 0.05) is 19.5 Å². The summed E-state index contributed by atoms with van der Waals surface area (Å²) in [5, 5.41) is 2.84. The van der Waals surface area contributed by atoms with Gasteiger partial charge < -0.3 is 15.5 Å². The Bertz CT molecular complexity index is 350. The second-order valence-corrected chi connectivity index (χ2v) is 4.34. The molecule has 0 aliphatic rings. The summed E-state index contributed by atoms with van der Waals surface area (Å²) in [7, 11) is 0. The number of nitrogens with one attached hydrogen (secondary N) is 1. The van der Waals surface area contributed by atoms with E-state index in [1.165, 1.54) is 25.5 Å². The Kier molecular flexibility index (Phi) is 7.10. The van der Waals surface area contributed by atoms with Crippen molar-refractivity contribution in [1.82, 2.24) is 10.3 Å². The van der Waals surface area contributed by atoms with Crippen molar-refractivity contribution < 1.29 is 9.21 Å². The van der Waals surface area contributed by atoms with Crippen molar-refractivity contribution in [3.63, 3.8) is 0 Å². The minimum Gasteiger partial charge on any atom is -0.448 e. The topological polar surface area (TPSA) is 81.2 Å². The van der Waals surface area contributed by atoms with Gasteiger partial charge in [-0.3, -0.25) is 4.79 Å². The molecule has 0 unspecified atom stereocenters. The Morgan fingerprint density at radius 1 is 1.39 bits per heavy atom. The van der Waals surface area contributed by atoms with Crippen molar-refractivity contribution in [2.45, 2.75) is 45.4 Å². The monoisotopic (exact) mass is 253 g/mol. The van der Waals surface area contributed by atoms with Gasteiger partial charge in [0.05, 0.1) is 0 Å². The third kappa shape index (κ3) is 5.31. The third-order valence-electron chi connectivity index (χ3n) is 2.71. The van der Waals surface area contributed by atoms with Crippen LogP contribution in [0.15, 0.2) is 10.7 Å². The molecule has 3 N–H and O–H groups in total. The lowest BCUT2D eigenvalue weighted by Gasteiger charge is -2.02. The number of carbonyl (C=O) groups is 1. The van der Waals surface area contributed by atoms with E-state index in [9.17, 15) is 4.79 Å².